The normalized spacial score (nSPS) is 11.0. The fourth-order valence-electron chi connectivity index (χ4n) is 2.08. The van der Waals surface area contributed by atoms with Crippen LogP contribution in [-0.4, -0.2) is 38.5 Å². The van der Waals surface area contributed by atoms with Gasteiger partial charge in [0.25, 0.3) is 5.91 Å². The van der Waals surface area contributed by atoms with Crippen molar-refractivity contribution in [2.45, 2.75) is 4.90 Å². The number of carbonyl (C=O) groups excluding carboxylic acids is 2. The largest absolute Gasteiger partial charge is 0.325 e. The summed E-state index contributed by atoms with van der Waals surface area (Å²) in [5, 5.41) is 5.57. The molecule has 2 aromatic carbocycles. The first-order valence-corrected chi connectivity index (χ1v) is 11.1. The van der Waals surface area contributed by atoms with E-state index in [0.717, 1.165) is 6.26 Å². The molecule has 2 N–H and O–H groups in total. The molecule has 2 amide bonds. The Kier molecular flexibility index (Phi) is 6.69. The maximum absolute atomic E-state index is 12.4. The zero-order valence-corrected chi connectivity index (χ0v) is 16.5. The lowest BCUT2D eigenvalue weighted by atomic mass is 10.2. The van der Waals surface area contributed by atoms with E-state index in [-0.39, 0.29) is 21.4 Å². The van der Waals surface area contributed by atoms with Gasteiger partial charge in [0.15, 0.2) is 9.84 Å². The predicted octanol–water partition coefficient (Wildman–Crippen LogP) is 3.30. The van der Waals surface area contributed by atoms with Crippen LogP contribution in [0.2, 0.25) is 5.02 Å². The molecule has 0 saturated heterocycles. The van der Waals surface area contributed by atoms with Crippen molar-refractivity contribution in [3.8, 4) is 0 Å². The third kappa shape index (κ3) is 5.48. The topological polar surface area (TPSA) is 92.3 Å². The summed E-state index contributed by atoms with van der Waals surface area (Å²) < 4.78 is 23.2. The highest BCUT2D eigenvalue weighted by Gasteiger charge is 2.13. The van der Waals surface area contributed by atoms with E-state index >= 15 is 0 Å². The highest BCUT2D eigenvalue weighted by molar-refractivity contribution is 7.99. The second-order valence-electron chi connectivity index (χ2n) is 5.43. The Balaban J connectivity index is 2.16. The molecule has 138 valence electrons. The molecule has 2 aromatic rings. The van der Waals surface area contributed by atoms with Crippen molar-refractivity contribution in [2.24, 2.45) is 0 Å². The average molecular weight is 413 g/mol. The third-order valence-electron chi connectivity index (χ3n) is 3.30. The van der Waals surface area contributed by atoms with Gasteiger partial charge >= 0.3 is 0 Å². The van der Waals surface area contributed by atoms with Crippen LogP contribution in [0.15, 0.2) is 47.4 Å². The van der Waals surface area contributed by atoms with Crippen molar-refractivity contribution in [3.05, 3.63) is 53.1 Å². The molecule has 2 rings (SSSR count). The molecular weight excluding hydrogens is 396 g/mol. The first kappa shape index (κ1) is 20.3. The second kappa shape index (κ2) is 8.57. The summed E-state index contributed by atoms with van der Waals surface area (Å²) in [7, 11) is -3.41. The van der Waals surface area contributed by atoms with Gasteiger partial charge in [-0.15, -0.1) is 0 Å². The number of hydrogen-bond acceptors (Lipinski definition) is 5. The number of halogens is 1. The number of benzene rings is 2. The second-order valence-corrected chi connectivity index (χ2v) is 8.72. The molecule has 0 unspecified atom stereocenters. The first-order valence-electron chi connectivity index (χ1n) is 7.40. The van der Waals surface area contributed by atoms with E-state index < -0.39 is 15.7 Å². The third-order valence-corrected chi connectivity index (χ3v) is 5.27. The SMILES string of the molecule is CSCC(=O)Nc1ccc(NC(=O)c2cccc(S(C)(=O)=O)c2)c(Cl)c1. The number of anilines is 2. The van der Waals surface area contributed by atoms with Crippen LogP contribution in [0.25, 0.3) is 0 Å². The molecule has 9 heteroatoms. The smallest absolute Gasteiger partial charge is 0.255 e. The molecule has 0 aliphatic carbocycles. The van der Waals surface area contributed by atoms with Crippen LogP contribution in [0.1, 0.15) is 10.4 Å². The zero-order chi connectivity index (χ0) is 19.3. The van der Waals surface area contributed by atoms with Crippen molar-refractivity contribution in [1.29, 1.82) is 0 Å². The van der Waals surface area contributed by atoms with Gasteiger partial charge in [-0.2, -0.15) is 11.8 Å². The Hall–Kier alpha value is -2.03. The fraction of sp³-hybridized carbons (Fsp3) is 0.176. The Labute approximate surface area is 161 Å². The van der Waals surface area contributed by atoms with Crippen molar-refractivity contribution in [3.63, 3.8) is 0 Å². The number of rotatable bonds is 6. The molecule has 0 bridgehead atoms. The average Bonchev–Trinajstić information content (AvgIpc) is 2.57. The minimum atomic E-state index is -3.41. The van der Waals surface area contributed by atoms with Crippen LogP contribution in [0.3, 0.4) is 0 Å². The Morgan fingerprint density at radius 2 is 1.85 bits per heavy atom. The summed E-state index contributed by atoms with van der Waals surface area (Å²) >= 11 is 7.56. The molecule has 0 heterocycles. The van der Waals surface area contributed by atoms with Gasteiger partial charge in [-0.1, -0.05) is 17.7 Å². The molecule has 0 aliphatic rings. The maximum atomic E-state index is 12.4. The van der Waals surface area contributed by atoms with E-state index in [2.05, 4.69) is 10.6 Å². The molecule has 0 atom stereocenters. The van der Waals surface area contributed by atoms with Gasteiger partial charge < -0.3 is 10.6 Å². The van der Waals surface area contributed by atoms with Crippen LogP contribution in [0.5, 0.6) is 0 Å². The van der Waals surface area contributed by atoms with Gasteiger partial charge in [-0.3, -0.25) is 9.59 Å². The van der Waals surface area contributed by atoms with Crippen molar-refractivity contribution >= 4 is 56.4 Å². The monoisotopic (exact) mass is 412 g/mol. The standard InChI is InChI=1S/C17H17ClN2O4S2/c1-25-10-16(21)19-12-6-7-15(14(18)9-12)20-17(22)11-4-3-5-13(8-11)26(2,23)24/h3-9H,10H2,1-2H3,(H,19,21)(H,20,22). The number of amides is 2. The zero-order valence-electron chi connectivity index (χ0n) is 14.1. The number of carbonyl (C=O) groups is 2. The van der Waals surface area contributed by atoms with Gasteiger partial charge in [0.05, 0.1) is 21.4 Å². The Morgan fingerprint density at radius 3 is 2.46 bits per heavy atom. The minimum absolute atomic E-state index is 0.0584. The lowest BCUT2D eigenvalue weighted by molar-refractivity contribution is -0.113. The van der Waals surface area contributed by atoms with E-state index in [0.29, 0.717) is 17.1 Å². The van der Waals surface area contributed by atoms with E-state index in [1.807, 2.05) is 6.26 Å². The molecule has 6 nitrogen and oxygen atoms in total. The molecule has 0 aliphatic heterocycles. The van der Waals surface area contributed by atoms with Gasteiger partial charge in [0, 0.05) is 17.5 Å². The van der Waals surface area contributed by atoms with Crippen LogP contribution in [0.4, 0.5) is 11.4 Å². The van der Waals surface area contributed by atoms with Gasteiger partial charge in [-0.05, 0) is 42.7 Å². The fourth-order valence-corrected chi connectivity index (χ4v) is 3.31. The lowest BCUT2D eigenvalue weighted by Gasteiger charge is -2.10. The van der Waals surface area contributed by atoms with E-state index in [4.69, 9.17) is 11.6 Å². The van der Waals surface area contributed by atoms with Crippen LogP contribution in [0, 0.1) is 0 Å². The quantitative estimate of drug-likeness (QED) is 0.759. The van der Waals surface area contributed by atoms with Crippen LogP contribution in [-0.2, 0) is 14.6 Å². The summed E-state index contributed by atoms with van der Waals surface area (Å²) in [5.41, 5.74) is 1.07. The van der Waals surface area contributed by atoms with Gasteiger partial charge in [0.2, 0.25) is 5.91 Å². The lowest BCUT2D eigenvalue weighted by Crippen LogP contribution is -2.15. The van der Waals surface area contributed by atoms with E-state index in [9.17, 15) is 18.0 Å². The van der Waals surface area contributed by atoms with Crippen molar-refractivity contribution in [2.75, 3.05) is 28.9 Å². The van der Waals surface area contributed by atoms with Crippen molar-refractivity contribution < 1.29 is 18.0 Å². The molecule has 26 heavy (non-hydrogen) atoms. The van der Waals surface area contributed by atoms with Crippen LogP contribution < -0.4 is 10.6 Å². The molecule has 0 saturated carbocycles. The summed E-state index contributed by atoms with van der Waals surface area (Å²) in [6.07, 6.45) is 2.90. The molecular formula is C17H17ClN2O4S2. The molecule has 0 radical (unpaired) electrons. The number of nitrogens with one attached hydrogen (secondary N) is 2. The van der Waals surface area contributed by atoms with E-state index in [1.165, 1.54) is 42.1 Å². The van der Waals surface area contributed by atoms with Gasteiger partial charge in [-0.25, -0.2) is 8.42 Å². The summed E-state index contributed by atoms with van der Waals surface area (Å²) in [4.78, 5) is 24.0. The predicted molar refractivity (Wildman–Crippen MR) is 106 cm³/mol. The Bertz CT molecular complexity index is 946. The van der Waals surface area contributed by atoms with Gasteiger partial charge in [0.1, 0.15) is 0 Å². The van der Waals surface area contributed by atoms with E-state index in [1.54, 1.807) is 12.1 Å². The summed E-state index contributed by atoms with van der Waals surface area (Å²) in [6, 6.07) is 10.4. The number of thioether (sulfide) groups is 1. The summed E-state index contributed by atoms with van der Waals surface area (Å²) in [6.45, 7) is 0. The molecule has 0 fully saturated rings. The Morgan fingerprint density at radius 1 is 1.12 bits per heavy atom. The first-order chi connectivity index (χ1) is 12.2. The van der Waals surface area contributed by atoms with Crippen molar-refractivity contribution in [1.82, 2.24) is 0 Å². The summed E-state index contributed by atoms with van der Waals surface area (Å²) in [5.74, 6) is -0.313. The number of sulfone groups is 1. The maximum Gasteiger partial charge on any atom is 0.255 e. The highest BCUT2D eigenvalue weighted by Crippen LogP contribution is 2.26. The molecule has 0 aromatic heterocycles. The minimum Gasteiger partial charge on any atom is -0.325 e. The van der Waals surface area contributed by atoms with Crippen LogP contribution >= 0.6 is 23.4 Å². The number of hydrogen-bond donors (Lipinski definition) is 2. The molecule has 0 spiro atoms. The highest BCUT2D eigenvalue weighted by atomic mass is 35.5.